The van der Waals surface area contributed by atoms with Crippen molar-refractivity contribution in [3.8, 4) is 16.8 Å². The van der Waals surface area contributed by atoms with Gasteiger partial charge in [0.1, 0.15) is 22.5 Å². The lowest BCUT2D eigenvalue weighted by Gasteiger charge is -2.17. The topological polar surface area (TPSA) is 166 Å². The van der Waals surface area contributed by atoms with Crippen LogP contribution in [-0.4, -0.2) is 16.1 Å². The third-order valence-corrected chi connectivity index (χ3v) is 3.99. The molecule has 0 unspecified atom stereocenters. The molecule has 2 aromatic carbocycles. The first-order valence-corrected chi connectivity index (χ1v) is 9.39. The molecule has 9 nitrogen and oxygen atoms in total. The van der Waals surface area contributed by atoms with Crippen molar-refractivity contribution in [1.82, 2.24) is 4.98 Å². The Morgan fingerprint density at radius 1 is 0.966 bits per heavy atom. The highest BCUT2D eigenvalue weighted by Crippen LogP contribution is 2.19. The van der Waals surface area contributed by atoms with Crippen LogP contribution in [0.2, 0.25) is 0 Å². The summed E-state index contributed by atoms with van der Waals surface area (Å²) in [7, 11) is -4.94. The molecule has 0 atom stereocenters. The maximum Gasteiger partial charge on any atom is 0.343 e. The van der Waals surface area contributed by atoms with Crippen LogP contribution in [0.25, 0.3) is 16.8 Å². The Morgan fingerprint density at radius 2 is 1.48 bits per heavy atom. The highest BCUT2D eigenvalue weighted by atomic mass is 35.7. The molecule has 3 aromatic rings. The minimum atomic E-state index is -4.94. The van der Waals surface area contributed by atoms with Gasteiger partial charge in [0.05, 0.1) is 0 Å². The number of aromatic nitrogens is 2. The van der Waals surface area contributed by atoms with Gasteiger partial charge in [0.2, 0.25) is 0 Å². The van der Waals surface area contributed by atoms with E-state index >= 15 is 0 Å². The van der Waals surface area contributed by atoms with Gasteiger partial charge >= 0.3 is 11.5 Å². The largest absolute Gasteiger partial charge is 0.478 e. The van der Waals surface area contributed by atoms with Gasteiger partial charge in [-0.05, 0) is 24.6 Å². The van der Waals surface area contributed by atoms with Crippen LogP contribution in [0.15, 0.2) is 59.4 Å². The highest BCUT2D eigenvalue weighted by molar-refractivity contribution is 5.90. The van der Waals surface area contributed by atoms with E-state index in [0.717, 1.165) is 5.56 Å². The Balaban J connectivity index is 0.000000537. The SMILES string of the molecule is Cc1[nH]c(=O)c(-c2ccccc2)c(C)[n+]1-c1ccccc1C(=O)O.[O-][Cl+3]([O-])([O-])[O-]. The number of halogens is 1. The fourth-order valence-electron chi connectivity index (χ4n) is 2.97. The van der Waals surface area contributed by atoms with E-state index in [2.05, 4.69) is 4.98 Å². The molecule has 0 aliphatic heterocycles. The Kier molecular flexibility index (Phi) is 6.85. The van der Waals surface area contributed by atoms with Crippen LogP contribution in [0.4, 0.5) is 0 Å². The number of rotatable bonds is 3. The van der Waals surface area contributed by atoms with Gasteiger partial charge < -0.3 is 5.11 Å². The molecule has 1 aromatic heterocycles. The second-order valence-corrected chi connectivity index (χ2v) is 6.66. The maximum absolute atomic E-state index is 12.5. The number of aromatic amines is 1. The molecule has 0 amide bonds. The van der Waals surface area contributed by atoms with E-state index in [-0.39, 0.29) is 11.1 Å². The average Bonchev–Trinajstić information content (AvgIpc) is 2.61. The molecule has 0 saturated carbocycles. The molecule has 0 radical (unpaired) electrons. The number of benzene rings is 2. The van der Waals surface area contributed by atoms with Crippen molar-refractivity contribution in [3.63, 3.8) is 0 Å². The van der Waals surface area contributed by atoms with Gasteiger partial charge in [-0.2, -0.15) is 4.57 Å². The van der Waals surface area contributed by atoms with Crippen molar-refractivity contribution in [2.45, 2.75) is 13.8 Å². The highest BCUT2D eigenvalue weighted by Gasteiger charge is 2.24. The zero-order valence-corrected chi connectivity index (χ0v) is 16.2. The lowest BCUT2D eigenvalue weighted by Crippen LogP contribution is -2.68. The number of para-hydroxylation sites is 1. The summed E-state index contributed by atoms with van der Waals surface area (Å²) in [6.45, 7) is 3.57. The lowest BCUT2D eigenvalue weighted by molar-refractivity contribution is -2.00. The minimum Gasteiger partial charge on any atom is -0.478 e. The third-order valence-electron chi connectivity index (χ3n) is 3.99. The summed E-state index contributed by atoms with van der Waals surface area (Å²) in [6.07, 6.45) is 0. The molecular weight excluding hydrogens is 404 g/mol. The first kappa shape index (κ1) is 22.2. The van der Waals surface area contributed by atoms with Gasteiger partial charge in [0.25, 0.3) is 5.82 Å². The van der Waals surface area contributed by atoms with Crippen LogP contribution in [0.3, 0.4) is 0 Å². The first-order chi connectivity index (χ1) is 13.5. The number of aryl methyl sites for hydroxylation is 1. The summed E-state index contributed by atoms with van der Waals surface area (Å²) in [5.41, 5.74) is 2.52. The number of nitrogens with zero attached hydrogens (tertiary/aromatic N) is 1. The smallest absolute Gasteiger partial charge is 0.343 e. The van der Waals surface area contributed by atoms with E-state index in [9.17, 15) is 14.7 Å². The molecule has 10 heteroatoms. The maximum atomic E-state index is 12.5. The number of carboxylic acids is 1. The number of H-pyrrole nitrogens is 1. The van der Waals surface area contributed by atoms with E-state index < -0.39 is 16.2 Å². The summed E-state index contributed by atoms with van der Waals surface area (Å²) in [5, 5.41) is 9.46. The van der Waals surface area contributed by atoms with Crippen LogP contribution in [0, 0.1) is 24.1 Å². The number of carboxylic acid groups (broad SMARTS) is 1. The summed E-state index contributed by atoms with van der Waals surface area (Å²) in [4.78, 5) is 26.9. The Morgan fingerprint density at radius 3 is 2.03 bits per heavy atom. The molecule has 0 aliphatic carbocycles. The Hall–Kier alpha value is -3.08. The first-order valence-electron chi connectivity index (χ1n) is 8.16. The molecule has 0 spiro atoms. The number of hydrogen-bond acceptors (Lipinski definition) is 6. The van der Waals surface area contributed by atoms with Crippen molar-refractivity contribution in [3.05, 3.63) is 82.0 Å². The summed E-state index contributed by atoms with van der Waals surface area (Å²) < 4.78 is 35.7. The van der Waals surface area contributed by atoms with Crippen LogP contribution in [-0.2, 0) is 0 Å². The van der Waals surface area contributed by atoms with Gasteiger partial charge in [0, 0.05) is 6.92 Å². The molecule has 0 bridgehead atoms. The number of nitrogens with one attached hydrogen (secondary N) is 1. The lowest BCUT2D eigenvalue weighted by atomic mass is 10.0. The fraction of sp³-hybridized carbons (Fsp3) is 0.105. The van der Waals surface area contributed by atoms with E-state index in [1.54, 1.807) is 35.8 Å². The van der Waals surface area contributed by atoms with E-state index in [0.29, 0.717) is 22.8 Å². The summed E-state index contributed by atoms with van der Waals surface area (Å²) in [6, 6.07) is 16.1. The predicted octanol–water partition coefficient (Wildman–Crippen LogP) is -2.12. The number of hydrogen-bond donors (Lipinski definition) is 2. The number of carbonyl (C=O) groups is 1. The zero-order valence-electron chi connectivity index (χ0n) is 15.4. The van der Waals surface area contributed by atoms with Gasteiger partial charge in [0.15, 0.2) is 0 Å². The molecule has 1 heterocycles. The van der Waals surface area contributed by atoms with Gasteiger partial charge in [-0.1, -0.05) is 42.5 Å². The standard InChI is InChI=1S/C19H16N2O3.ClHO4/c1-12-17(14-8-4-3-5-9-14)18(22)20-13(2)21(12)16-11-7-6-10-15(16)19(23)24;2-1(3,4)5/h3-11H,1-2H3,(H,23,24);(H,2,3,4,5). The number of aromatic carboxylic acids is 1. The molecule has 2 N–H and O–H groups in total. The second-order valence-electron chi connectivity index (χ2n) is 5.90. The van der Waals surface area contributed by atoms with Crippen LogP contribution < -0.4 is 28.8 Å². The Bertz CT molecular complexity index is 1070. The summed E-state index contributed by atoms with van der Waals surface area (Å²) in [5.74, 6) is -0.435. The van der Waals surface area contributed by atoms with Crippen molar-refractivity contribution in [1.29, 1.82) is 0 Å². The van der Waals surface area contributed by atoms with Crippen molar-refractivity contribution in [2.24, 2.45) is 0 Å². The van der Waals surface area contributed by atoms with Gasteiger partial charge in [-0.3, -0.25) is 0 Å². The zero-order chi connectivity index (χ0) is 21.8. The molecule has 0 fully saturated rings. The quantitative estimate of drug-likeness (QED) is 0.456. The predicted molar refractivity (Wildman–Crippen MR) is 90.5 cm³/mol. The molecule has 0 aliphatic rings. The van der Waals surface area contributed by atoms with Crippen LogP contribution >= 0.6 is 0 Å². The van der Waals surface area contributed by atoms with E-state index in [1.165, 1.54) is 0 Å². The average molecular weight is 421 g/mol. The van der Waals surface area contributed by atoms with Gasteiger partial charge in [-0.15, -0.1) is 10.2 Å². The molecule has 152 valence electrons. The van der Waals surface area contributed by atoms with E-state index in [4.69, 9.17) is 18.6 Å². The van der Waals surface area contributed by atoms with Gasteiger partial charge in [-0.25, -0.2) is 33.2 Å². The summed E-state index contributed by atoms with van der Waals surface area (Å²) >= 11 is 0. The van der Waals surface area contributed by atoms with Crippen molar-refractivity contribution in [2.75, 3.05) is 0 Å². The second kappa shape index (κ2) is 8.95. The fourth-order valence-corrected chi connectivity index (χ4v) is 2.97. The van der Waals surface area contributed by atoms with Crippen LogP contribution in [0.1, 0.15) is 21.9 Å². The molecular formula is C19H17ClN2O7. The molecule has 29 heavy (non-hydrogen) atoms. The van der Waals surface area contributed by atoms with Crippen molar-refractivity contribution >= 4 is 5.97 Å². The normalized spacial score (nSPS) is 10.8. The monoisotopic (exact) mass is 420 g/mol. The van der Waals surface area contributed by atoms with Crippen LogP contribution in [0.5, 0.6) is 0 Å². The molecule has 0 saturated heterocycles. The van der Waals surface area contributed by atoms with E-state index in [1.807, 2.05) is 37.3 Å². The minimum absolute atomic E-state index is 0.180. The van der Waals surface area contributed by atoms with Crippen molar-refractivity contribution < 1.29 is 43.3 Å². The Labute approximate surface area is 167 Å². The third kappa shape index (κ3) is 5.70. The molecule has 3 rings (SSSR count).